The number of hydrogen-bond donors (Lipinski definition) is 2. The smallest absolute Gasteiger partial charge is 0.409 e. The van der Waals surface area contributed by atoms with E-state index in [9.17, 15) is 19.5 Å². The molecule has 4 aliphatic rings. The number of benzene rings is 2. The lowest BCUT2D eigenvalue weighted by atomic mass is 9.93. The molecule has 262 valence electrons. The Hall–Kier alpha value is -3.79. The van der Waals surface area contributed by atoms with E-state index in [4.69, 9.17) is 4.74 Å². The van der Waals surface area contributed by atoms with Crippen molar-refractivity contribution in [3.05, 3.63) is 58.7 Å². The van der Waals surface area contributed by atoms with Gasteiger partial charge in [-0.25, -0.2) is 9.59 Å². The monoisotopic (exact) mass is 661 g/mol. The van der Waals surface area contributed by atoms with Crippen LogP contribution in [-0.2, 0) is 22.4 Å². The van der Waals surface area contributed by atoms with Crippen LogP contribution < -0.4 is 5.32 Å². The van der Waals surface area contributed by atoms with Gasteiger partial charge < -0.3 is 29.9 Å². The summed E-state index contributed by atoms with van der Waals surface area (Å²) in [5.74, 6) is 0.628. The van der Waals surface area contributed by atoms with Crippen LogP contribution in [0.3, 0.4) is 0 Å². The summed E-state index contributed by atoms with van der Waals surface area (Å²) in [5.41, 5.74) is 4.99. The number of urea groups is 1. The first kappa shape index (κ1) is 35.5. The van der Waals surface area contributed by atoms with Crippen LogP contribution in [0.5, 0.6) is 5.75 Å². The van der Waals surface area contributed by atoms with E-state index < -0.39 is 0 Å². The highest BCUT2D eigenvalue weighted by atomic mass is 16.5. The number of piperazine rings is 1. The van der Waals surface area contributed by atoms with Crippen LogP contribution in [-0.4, -0.2) is 108 Å². The summed E-state index contributed by atoms with van der Waals surface area (Å²) in [6.07, 6.45) is 9.69. The average Bonchev–Trinajstić information content (AvgIpc) is 3.28. The highest BCUT2D eigenvalue weighted by Crippen LogP contribution is 2.27. The first-order valence-corrected chi connectivity index (χ1v) is 17.9. The van der Waals surface area contributed by atoms with E-state index in [-0.39, 0.29) is 30.0 Å². The van der Waals surface area contributed by atoms with Crippen LogP contribution in [0.15, 0.2) is 36.4 Å². The Balaban J connectivity index is 0.000000190. The number of likely N-dealkylation sites (tertiary alicyclic amines) is 1. The number of piperidine rings is 1. The number of hydrogen-bond acceptors (Lipinski definition) is 6. The second-order valence-corrected chi connectivity index (χ2v) is 14.1. The fourth-order valence-corrected chi connectivity index (χ4v) is 7.90. The molecule has 3 heterocycles. The number of phenolic OH excluding ortho intramolecular Hbond substituents is 1. The molecule has 1 atom stereocenters. The molecular formula is C38H55N5O5. The van der Waals surface area contributed by atoms with E-state index in [0.717, 1.165) is 80.3 Å². The molecule has 0 bridgehead atoms. The number of ether oxygens (including phenoxy) is 1. The molecule has 2 aromatic rings. The molecule has 0 unspecified atom stereocenters. The van der Waals surface area contributed by atoms with Crippen LogP contribution in [0, 0.1) is 19.8 Å². The van der Waals surface area contributed by atoms with Crippen molar-refractivity contribution in [3.8, 4) is 5.75 Å². The molecule has 10 nitrogen and oxygen atoms in total. The zero-order valence-electron chi connectivity index (χ0n) is 29.4. The summed E-state index contributed by atoms with van der Waals surface area (Å²) < 4.78 is 4.75. The van der Waals surface area contributed by atoms with E-state index in [1.165, 1.54) is 44.8 Å². The second kappa shape index (κ2) is 16.5. The maximum absolute atomic E-state index is 12.9. The molecule has 1 aliphatic carbocycles. The van der Waals surface area contributed by atoms with Crippen molar-refractivity contribution < 1.29 is 24.2 Å². The molecular weight excluding hydrogens is 606 g/mol. The third-order valence-corrected chi connectivity index (χ3v) is 10.7. The van der Waals surface area contributed by atoms with Crippen molar-refractivity contribution >= 4 is 23.7 Å². The minimum atomic E-state index is -0.286. The molecule has 2 aromatic carbocycles. The molecule has 0 spiro atoms. The van der Waals surface area contributed by atoms with Gasteiger partial charge in [0, 0.05) is 69.5 Å². The molecule has 48 heavy (non-hydrogen) atoms. The van der Waals surface area contributed by atoms with Crippen LogP contribution in [0.4, 0.5) is 15.3 Å². The number of aromatic hydroxyl groups is 1. The van der Waals surface area contributed by atoms with Gasteiger partial charge in [-0.2, -0.15) is 0 Å². The van der Waals surface area contributed by atoms with Crippen LogP contribution in [0.1, 0.15) is 74.1 Å². The third-order valence-electron chi connectivity index (χ3n) is 10.7. The van der Waals surface area contributed by atoms with Gasteiger partial charge in [0.05, 0.1) is 7.11 Å². The molecule has 2 saturated heterocycles. The van der Waals surface area contributed by atoms with Crippen molar-refractivity contribution in [1.29, 1.82) is 0 Å². The van der Waals surface area contributed by atoms with Gasteiger partial charge in [0.15, 0.2) is 0 Å². The number of methoxy groups -OCH3 is 1. The lowest BCUT2D eigenvalue weighted by Gasteiger charge is -2.41. The highest BCUT2D eigenvalue weighted by molar-refractivity contribution is 5.91. The third kappa shape index (κ3) is 8.81. The zero-order chi connectivity index (χ0) is 34.2. The standard InChI is InChI=1S/C22H34N2O2.C16H21N3O3/c1-16-13-19(14-17(2)21(16)25)15-18(3)22(26)24-11-9-23(10-12-24)20-7-5-4-6-8-20;1-22-16(21)18-9-7-13(8-10-18)19-11-6-12-4-2-3-5-14(12)17-15(19)20/h13-14,18,20,25H,4-12,15H2,1-3H3;2-5,13H,6-11H2,1H3,(H,17,20)/t18-;/m1./s1. The number of aryl methyl sites for hydroxylation is 2. The van der Waals surface area contributed by atoms with Crippen molar-refractivity contribution in [2.75, 3.05) is 58.2 Å². The number of anilines is 1. The number of nitrogens with one attached hydrogen (secondary N) is 1. The van der Waals surface area contributed by atoms with Crippen molar-refractivity contribution in [1.82, 2.24) is 19.6 Å². The van der Waals surface area contributed by atoms with Gasteiger partial charge in [0.25, 0.3) is 0 Å². The fraction of sp³-hybridized carbons (Fsp3) is 0.605. The lowest BCUT2D eigenvalue weighted by molar-refractivity contribution is -0.137. The summed E-state index contributed by atoms with van der Waals surface area (Å²) in [6, 6.07) is 12.8. The quantitative estimate of drug-likeness (QED) is 0.409. The van der Waals surface area contributed by atoms with Crippen LogP contribution >= 0.6 is 0 Å². The van der Waals surface area contributed by atoms with Gasteiger partial charge >= 0.3 is 12.1 Å². The molecule has 3 aliphatic heterocycles. The zero-order valence-corrected chi connectivity index (χ0v) is 29.4. The van der Waals surface area contributed by atoms with E-state index in [1.807, 2.05) is 56.0 Å². The maximum Gasteiger partial charge on any atom is 0.409 e. The predicted molar refractivity (Wildman–Crippen MR) is 188 cm³/mol. The van der Waals surface area contributed by atoms with Gasteiger partial charge in [-0.05, 0) is 80.7 Å². The molecule has 0 aromatic heterocycles. The van der Waals surface area contributed by atoms with E-state index in [1.54, 1.807) is 4.90 Å². The number of para-hydroxylation sites is 1. The first-order chi connectivity index (χ1) is 23.1. The van der Waals surface area contributed by atoms with Gasteiger partial charge in [0.2, 0.25) is 5.91 Å². The molecule has 4 amide bonds. The molecule has 10 heteroatoms. The summed E-state index contributed by atoms with van der Waals surface area (Å²) in [6.45, 7) is 11.6. The van der Waals surface area contributed by atoms with E-state index in [0.29, 0.717) is 25.4 Å². The number of carbonyl (C=O) groups is 3. The van der Waals surface area contributed by atoms with Crippen molar-refractivity contribution in [3.63, 3.8) is 0 Å². The predicted octanol–water partition coefficient (Wildman–Crippen LogP) is 5.97. The Kier molecular flexibility index (Phi) is 12.2. The van der Waals surface area contributed by atoms with Gasteiger partial charge in [0.1, 0.15) is 5.75 Å². The Labute approximate surface area is 286 Å². The summed E-state index contributed by atoms with van der Waals surface area (Å²) in [7, 11) is 1.40. The number of carbonyl (C=O) groups excluding carboxylic acids is 3. The largest absolute Gasteiger partial charge is 0.507 e. The topological polar surface area (TPSA) is 106 Å². The molecule has 1 saturated carbocycles. The van der Waals surface area contributed by atoms with Crippen LogP contribution in [0.25, 0.3) is 0 Å². The van der Waals surface area contributed by atoms with Gasteiger partial charge in [-0.1, -0.05) is 56.5 Å². The molecule has 2 N–H and O–H groups in total. The average molecular weight is 662 g/mol. The molecule has 6 rings (SSSR count). The minimum Gasteiger partial charge on any atom is -0.507 e. The SMILES string of the molecule is COC(=O)N1CCC(N2CCc3ccccc3NC2=O)CC1.Cc1cc(C[C@@H](C)C(=O)N2CCN(C3CCCCC3)CC2)cc(C)c1O. The van der Waals surface area contributed by atoms with Gasteiger partial charge in [-0.3, -0.25) is 9.69 Å². The van der Waals surface area contributed by atoms with Crippen LogP contribution in [0.2, 0.25) is 0 Å². The van der Waals surface area contributed by atoms with Crippen molar-refractivity contribution in [2.24, 2.45) is 5.92 Å². The Bertz CT molecular complexity index is 1390. The summed E-state index contributed by atoms with van der Waals surface area (Å²) in [5, 5.41) is 12.9. The molecule has 0 radical (unpaired) electrons. The summed E-state index contributed by atoms with van der Waals surface area (Å²) >= 11 is 0. The minimum absolute atomic E-state index is 0.0143. The Morgan fingerprint density at radius 1 is 0.875 bits per heavy atom. The van der Waals surface area contributed by atoms with Gasteiger partial charge in [-0.15, -0.1) is 0 Å². The summed E-state index contributed by atoms with van der Waals surface area (Å²) in [4.78, 5) is 45.1. The highest BCUT2D eigenvalue weighted by Gasteiger charge is 2.32. The van der Waals surface area contributed by atoms with Crippen molar-refractivity contribution in [2.45, 2.75) is 90.6 Å². The normalized spacial score (nSPS) is 20.2. The number of amides is 4. The first-order valence-electron chi connectivity index (χ1n) is 17.9. The fourth-order valence-electron chi connectivity index (χ4n) is 7.90. The van der Waals surface area contributed by atoms with E-state index in [2.05, 4.69) is 21.2 Å². The Morgan fingerprint density at radius 2 is 1.52 bits per heavy atom. The second-order valence-electron chi connectivity index (χ2n) is 14.1. The number of nitrogens with zero attached hydrogens (tertiary/aromatic N) is 4. The number of rotatable bonds is 5. The molecule has 3 fully saturated rings. The Morgan fingerprint density at radius 3 is 2.17 bits per heavy atom. The lowest BCUT2D eigenvalue weighted by Crippen LogP contribution is -2.53. The number of fused-ring (bicyclic) bond motifs is 1. The maximum atomic E-state index is 12.9. The van der Waals surface area contributed by atoms with E-state index >= 15 is 0 Å². The number of phenols is 1.